The van der Waals surface area contributed by atoms with Crippen LogP contribution in [0.25, 0.3) is 0 Å². The number of nitrogens with two attached hydrogens (primary N) is 1. The zero-order valence-electron chi connectivity index (χ0n) is 31.1. The third-order valence-electron chi connectivity index (χ3n) is 9.55. The molecule has 0 aromatic heterocycles. The Morgan fingerprint density at radius 3 is 1.96 bits per heavy atom. The zero-order valence-corrected chi connectivity index (χ0v) is 32.1. The first-order chi connectivity index (χ1) is 21.8. The van der Waals surface area contributed by atoms with Gasteiger partial charge in [0.25, 0.3) is 14.3 Å². The van der Waals surface area contributed by atoms with Gasteiger partial charge in [0, 0.05) is 24.4 Å². The van der Waals surface area contributed by atoms with Gasteiger partial charge in [0.15, 0.2) is 0 Å². The minimum absolute atomic E-state index is 0.0239. The van der Waals surface area contributed by atoms with Crippen LogP contribution >= 0.6 is 0 Å². The number of nitrogens with zero attached hydrogens (tertiary/aromatic N) is 1. The van der Waals surface area contributed by atoms with E-state index >= 15 is 0 Å². The van der Waals surface area contributed by atoms with E-state index in [9.17, 15) is 19.2 Å². The maximum atomic E-state index is 13.5. The summed E-state index contributed by atoms with van der Waals surface area (Å²) in [6.45, 7) is 21.0. The third kappa shape index (κ3) is 13.0. The Hall–Kier alpha value is -2.72. The van der Waals surface area contributed by atoms with E-state index in [0.29, 0.717) is 29.7 Å². The van der Waals surface area contributed by atoms with E-state index in [4.69, 9.17) is 19.6 Å². The number of rotatable bonds is 22. The molecule has 47 heavy (non-hydrogen) atoms. The van der Waals surface area contributed by atoms with Gasteiger partial charge < -0.3 is 24.5 Å². The van der Waals surface area contributed by atoms with Gasteiger partial charge in [-0.25, -0.2) is 0 Å². The molecule has 0 aliphatic heterocycles. The van der Waals surface area contributed by atoms with Crippen molar-refractivity contribution < 1.29 is 33.1 Å². The van der Waals surface area contributed by atoms with E-state index in [2.05, 4.69) is 48.5 Å². The standard InChI is InChI=1S/C37H64N2O7Si/c1-12-13-17-31(30-18-15-14-16-19-30)25-45-33(41)24-37(10,26-36(8,9)34(38)42)35(43)44-23-22-39(11)21-20-32(40)46-47(27(2)3,28(4)5)29(6)7/h14-16,18-19,27-29,31H,12-13,17,20-26H2,1-11H3,(H2,38,42). The Bertz CT molecular complexity index is 1120. The molecular formula is C37H64N2O7Si. The average molecular weight is 677 g/mol. The highest BCUT2D eigenvalue weighted by Gasteiger charge is 2.48. The van der Waals surface area contributed by atoms with E-state index in [1.54, 1.807) is 20.8 Å². The van der Waals surface area contributed by atoms with Crippen molar-refractivity contribution in [1.29, 1.82) is 0 Å². The topological polar surface area (TPSA) is 125 Å². The monoisotopic (exact) mass is 676 g/mol. The molecule has 2 N–H and O–H groups in total. The van der Waals surface area contributed by atoms with Crippen LogP contribution in [0.4, 0.5) is 0 Å². The lowest BCUT2D eigenvalue weighted by molar-refractivity contribution is -0.165. The quantitative estimate of drug-likeness (QED) is 0.0996. The Balaban J connectivity index is 2.86. The number of esters is 2. The molecule has 9 nitrogen and oxygen atoms in total. The fourth-order valence-corrected chi connectivity index (χ4v) is 12.0. The molecule has 1 aromatic carbocycles. The van der Waals surface area contributed by atoms with Crippen molar-refractivity contribution in [3.05, 3.63) is 35.9 Å². The highest BCUT2D eigenvalue weighted by atomic mass is 28.4. The fourth-order valence-electron chi connectivity index (χ4n) is 6.82. The molecule has 0 aliphatic rings. The lowest BCUT2D eigenvalue weighted by Crippen LogP contribution is -2.49. The molecule has 268 valence electrons. The molecule has 1 rings (SSSR count). The van der Waals surface area contributed by atoms with Crippen LogP contribution in [0, 0.1) is 10.8 Å². The van der Waals surface area contributed by atoms with Crippen molar-refractivity contribution >= 4 is 32.1 Å². The summed E-state index contributed by atoms with van der Waals surface area (Å²) in [5, 5.41) is 0. The number of hydrogen-bond donors (Lipinski definition) is 1. The Kier molecular flexibility index (Phi) is 17.4. The lowest BCUT2D eigenvalue weighted by atomic mass is 9.71. The second kappa shape index (κ2) is 19.3. The van der Waals surface area contributed by atoms with Crippen LogP contribution in [0.1, 0.15) is 119 Å². The number of hydrogen-bond acceptors (Lipinski definition) is 8. The van der Waals surface area contributed by atoms with Crippen molar-refractivity contribution in [3.8, 4) is 0 Å². The molecule has 0 radical (unpaired) electrons. The second-order valence-electron chi connectivity index (χ2n) is 15.1. The molecule has 0 bridgehead atoms. The van der Waals surface area contributed by atoms with Gasteiger partial charge in [0.05, 0.1) is 24.9 Å². The smallest absolute Gasteiger partial charge is 0.312 e. The molecule has 0 spiro atoms. The van der Waals surface area contributed by atoms with Gasteiger partial charge in [-0.05, 0) is 49.0 Å². The van der Waals surface area contributed by atoms with E-state index < -0.39 is 37.0 Å². The molecule has 2 unspecified atom stereocenters. The number of amides is 1. The van der Waals surface area contributed by atoms with Crippen LogP contribution < -0.4 is 5.73 Å². The summed E-state index contributed by atoms with van der Waals surface area (Å²) in [5.41, 5.74) is 5.29. The molecule has 1 amide bonds. The first kappa shape index (κ1) is 42.3. The van der Waals surface area contributed by atoms with E-state index in [0.717, 1.165) is 24.8 Å². The van der Waals surface area contributed by atoms with Crippen molar-refractivity contribution in [1.82, 2.24) is 4.90 Å². The zero-order chi connectivity index (χ0) is 36.0. The number of carbonyl (C=O) groups is 4. The number of likely N-dealkylation sites (N-methyl/N-ethyl adjacent to an activating group) is 1. The van der Waals surface area contributed by atoms with Gasteiger partial charge >= 0.3 is 11.9 Å². The minimum atomic E-state index is -2.31. The van der Waals surface area contributed by atoms with Crippen molar-refractivity contribution in [3.63, 3.8) is 0 Å². The number of benzene rings is 1. The van der Waals surface area contributed by atoms with Crippen molar-refractivity contribution in [2.24, 2.45) is 16.6 Å². The molecule has 0 aliphatic carbocycles. The summed E-state index contributed by atoms with van der Waals surface area (Å²) in [5.74, 6) is -1.83. The third-order valence-corrected chi connectivity index (χ3v) is 15.5. The highest BCUT2D eigenvalue weighted by Crippen LogP contribution is 2.42. The number of primary amides is 1. The van der Waals surface area contributed by atoms with Crippen molar-refractivity contribution in [2.45, 2.75) is 130 Å². The molecule has 2 atom stereocenters. The maximum Gasteiger partial charge on any atom is 0.312 e. The van der Waals surface area contributed by atoms with Gasteiger partial charge in [0.2, 0.25) is 5.91 Å². The Morgan fingerprint density at radius 2 is 1.45 bits per heavy atom. The largest absolute Gasteiger partial charge is 0.518 e. The molecule has 0 fully saturated rings. The summed E-state index contributed by atoms with van der Waals surface area (Å²) in [6, 6.07) is 9.95. The van der Waals surface area contributed by atoms with Gasteiger partial charge in [0.1, 0.15) is 6.61 Å². The second-order valence-corrected chi connectivity index (χ2v) is 20.5. The van der Waals surface area contributed by atoms with E-state index in [1.807, 2.05) is 42.3 Å². The minimum Gasteiger partial charge on any atom is -0.518 e. The number of unbranched alkanes of at least 4 members (excludes halogenated alkanes) is 1. The van der Waals surface area contributed by atoms with Gasteiger partial charge in [-0.15, -0.1) is 0 Å². The summed E-state index contributed by atoms with van der Waals surface area (Å²) < 4.78 is 17.7. The summed E-state index contributed by atoms with van der Waals surface area (Å²) in [7, 11) is -0.455. The molecule has 1 aromatic rings. The summed E-state index contributed by atoms with van der Waals surface area (Å²) in [4.78, 5) is 53.8. The molecule has 0 heterocycles. The molecule has 0 saturated heterocycles. The van der Waals surface area contributed by atoms with Crippen LogP contribution in [-0.2, 0) is 33.1 Å². The van der Waals surface area contributed by atoms with Crippen LogP contribution in [-0.4, -0.2) is 70.4 Å². The maximum absolute atomic E-state index is 13.5. The van der Waals surface area contributed by atoms with Gasteiger partial charge in [-0.3, -0.25) is 19.2 Å². The SMILES string of the molecule is CCCCC(COC(=O)CC(C)(CC(C)(C)C(N)=O)C(=O)OCCN(C)CCC(=O)O[Si](C(C)C)(C(C)C)C(C)C)c1ccccc1. The summed E-state index contributed by atoms with van der Waals surface area (Å²) in [6.07, 6.45) is 2.93. The normalized spacial score (nSPS) is 14.3. The summed E-state index contributed by atoms with van der Waals surface area (Å²) >= 11 is 0. The average Bonchev–Trinajstić information content (AvgIpc) is 2.98. The van der Waals surface area contributed by atoms with E-state index in [-0.39, 0.29) is 44.4 Å². The Morgan fingerprint density at radius 1 is 0.872 bits per heavy atom. The molecule has 10 heteroatoms. The van der Waals surface area contributed by atoms with Gasteiger partial charge in [-0.1, -0.05) is 105 Å². The van der Waals surface area contributed by atoms with Gasteiger partial charge in [-0.2, -0.15) is 0 Å². The van der Waals surface area contributed by atoms with Crippen LogP contribution in [0.3, 0.4) is 0 Å². The van der Waals surface area contributed by atoms with E-state index in [1.165, 1.54) is 0 Å². The first-order valence-electron chi connectivity index (χ1n) is 17.4. The highest BCUT2D eigenvalue weighted by molar-refractivity contribution is 6.78. The predicted molar refractivity (Wildman–Crippen MR) is 190 cm³/mol. The van der Waals surface area contributed by atoms with Crippen LogP contribution in [0.15, 0.2) is 30.3 Å². The van der Waals surface area contributed by atoms with Crippen LogP contribution in [0.5, 0.6) is 0 Å². The Labute approximate surface area is 285 Å². The van der Waals surface area contributed by atoms with Crippen molar-refractivity contribution in [2.75, 3.05) is 33.4 Å². The molecule has 0 saturated carbocycles. The number of carbonyl (C=O) groups excluding carboxylic acids is 4. The van der Waals surface area contributed by atoms with Crippen LogP contribution in [0.2, 0.25) is 16.6 Å². The predicted octanol–water partition coefficient (Wildman–Crippen LogP) is 7.39. The lowest BCUT2D eigenvalue weighted by Gasteiger charge is -2.41. The fraction of sp³-hybridized carbons (Fsp3) is 0.730. The first-order valence-corrected chi connectivity index (χ1v) is 19.5. The molecular weight excluding hydrogens is 613 g/mol. The number of ether oxygens (including phenoxy) is 2.